The molecule has 3 amide bonds. The fraction of sp³-hybridized carbons (Fsp3) is 0.273. The Balaban J connectivity index is 1.89. The van der Waals surface area contributed by atoms with Crippen molar-refractivity contribution in [2.24, 2.45) is 0 Å². The van der Waals surface area contributed by atoms with Crippen LogP contribution in [0.1, 0.15) is 44.9 Å². The normalized spacial score (nSPS) is 16.5. The monoisotopic (exact) mass is 408 g/mol. The molecular formula is C22H24N4O4. The van der Waals surface area contributed by atoms with Gasteiger partial charge in [0.05, 0.1) is 16.5 Å². The van der Waals surface area contributed by atoms with Gasteiger partial charge in [-0.1, -0.05) is 45.0 Å². The van der Waals surface area contributed by atoms with E-state index >= 15 is 0 Å². The average Bonchev–Trinajstić information content (AvgIpc) is 2.67. The lowest BCUT2D eigenvalue weighted by Crippen LogP contribution is -2.46. The molecule has 1 aliphatic heterocycles. The number of urea groups is 1. The average molecular weight is 408 g/mol. The quantitative estimate of drug-likeness (QED) is 0.521. The van der Waals surface area contributed by atoms with Crippen LogP contribution in [0.5, 0.6) is 0 Å². The Kier molecular flexibility index (Phi) is 5.60. The Hall–Kier alpha value is -3.68. The first-order valence-electron chi connectivity index (χ1n) is 9.51. The maximum Gasteiger partial charge on any atom is 0.319 e. The Bertz CT molecular complexity index is 1020. The van der Waals surface area contributed by atoms with Crippen molar-refractivity contribution in [2.45, 2.75) is 39.2 Å². The van der Waals surface area contributed by atoms with Gasteiger partial charge in [-0.05, 0) is 35.6 Å². The van der Waals surface area contributed by atoms with Crippen LogP contribution in [-0.4, -0.2) is 16.9 Å². The molecule has 1 heterocycles. The van der Waals surface area contributed by atoms with Gasteiger partial charge in [-0.2, -0.15) is 0 Å². The van der Waals surface area contributed by atoms with Crippen LogP contribution in [0.15, 0.2) is 59.8 Å². The van der Waals surface area contributed by atoms with Crippen LogP contribution in [0.3, 0.4) is 0 Å². The van der Waals surface area contributed by atoms with E-state index < -0.39 is 16.9 Å². The number of benzene rings is 2. The number of hydrogen-bond acceptors (Lipinski definition) is 4. The van der Waals surface area contributed by atoms with Crippen LogP contribution in [0.25, 0.3) is 0 Å². The van der Waals surface area contributed by atoms with Gasteiger partial charge >= 0.3 is 6.03 Å². The zero-order chi connectivity index (χ0) is 22.1. The molecule has 0 unspecified atom stereocenters. The number of rotatable bonds is 4. The second-order valence-electron chi connectivity index (χ2n) is 8.20. The van der Waals surface area contributed by atoms with Crippen LogP contribution in [0, 0.1) is 10.1 Å². The van der Waals surface area contributed by atoms with Crippen molar-refractivity contribution < 1.29 is 14.5 Å². The van der Waals surface area contributed by atoms with Gasteiger partial charge in [-0.15, -0.1) is 0 Å². The molecular weight excluding hydrogens is 384 g/mol. The van der Waals surface area contributed by atoms with E-state index in [2.05, 4.69) is 36.7 Å². The van der Waals surface area contributed by atoms with Crippen LogP contribution < -0.4 is 16.0 Å². The molecule has 156 valence electrons. The Morgan fingerprint density at radius 3 is 2.20 bits per heavy atom. The van der Waals surface area contributed by atoms with Gasteiger partial charge in [0.1, 0.15) is 0 Å². The zero-order valence-corrected chi connectivity index (χ0v) is 17.3. The van der Waals surface area contributed by atoms with Gasteiger partial charge in [0.25, 0.3) is 11.6 Å². The van der Waals surface area contributed by atoms with E-state index in [-0.39, 0.29) is 17.1 Å². The van der Waals surface area contributed by atoms with E-state index in [1.807, 2.05) is 24.3 Å². The van der Waals surface area contributed by atoms with Crippen molar-refractivity contribution in [3.05, 3.63) is 81.0 Å². The fourth-order valence-corrected chi connectivity index (χ4v) is 3.29. The number of anilines is 1. The summed E-state index contributed by atoms with van der Waals surface area (Å²) in [7, 11) is 0. The molecule has 3 N–H and O–H groups in total. The molecule has 0 aromatic heterocycles. The molecule has 3 rings (SSSR count). The number of hydrogen-bond donors (Lipinski definition) is 3. The minimum atomic E-state index is -0.620. The van der Waals surface area contributed by atoms with E-state index in [0.29, 0.717) is 17.0 Å². The van der Waals surface area contributed by atoms with Gasteiger partial charge < -0.3 is 16.0 Å². The van der Waals surface area contributed by atoms with Gasteiger partial charge in [0.2, 0.25) is 0 Å². The van der Waals surface area contributed by atoms with Gasteiger partial charge in [0.15, 0.2) is 0 Å². The third-order valence-electron chi connectivity index (χ3n) is 4.96. The lowest BCUT2D eigenvalue weighted by Gasteiger charge is -2.29. The van der Waals surface area contributed by atoms with Crippen molar-refractivity contribution in [1.29, 1.82) is 0 Å². The number of nitrogens with one attached hydrogen (secondary N) is 3. The molecule has 0 fully saturated rings. The van der Waals surface area contributed by atoms with Crippen molar-refractivity contribution in [3.63, 3.8) is 0 Å². The fourth-order valence-electron chi connectivity index (χ4n) is 3.29. The van der Waals surface area contributed by atoms with E-state index in [0.717, 1.165) is 11.1 Å². The number of carbonyl (C=O) groups is 2. The molecule has 1 aliphatic rings. The summed E-state index contributed by atoms with van der Waals surface area (Å²) < 4.78 is 0. The van der Waals surface area contributed by atoms with Crippen molar-refractivity contribution in [3.8, 4) is 0 Å². The van der Waals surface area contributed by atoms with Crippen molar-refractivity contribution in [2.75, 3.05) is 5.32 Å². The molecule has 0 aliphatic carbocycles. The summed E-state index contributed by atoms with van der Waals surface area (Å²) in [6, 6.07) is 12.4. The zero-order valence-electron chi connectivity index (χ0n) is 17.3. The number of allylic oxidation sites excluding steroid dienone is 1. The van der Waals surface area contributed by atoms with E-state index in [9.17, 15) is 19.7 Å². The molecule has 2 aromatic carbocycles. The highest BCUT2D eigenvalue weighted by Gasteiger charge is 2.31. The number of nitro groups is 1. The van der Waals surface area contributed by atoms with Crippen molar-refractivity contribution >= 4 is 23.3 Å². The third kappa shape index (κ3) is 4.48. The van der Waals surface area contributed by atoms with Gasteiger partial charge in [-0.3, -0.25) is 14.9 Å². The summed E-state index contributed by atoms with van der Waals surface area (Å²) >= 11 is 0. The lowest BCUT2D eigenvalue weighted by molar-refractivity contribution is -0.384. The Morgan fingerprint density at radius 2 is 1.67 bits per heavy atom. The minimum absolute atomic E-state index is 0.0161. The first kappa shape index (κ1) is 21.0. The van der Waals surface area contributed by atoms with Crippen LogP contribution in [-0.2, 0) is 10.2 Å². The Morgan fingerprint density at radius 1 is 1.07 bits per heavy atom. The van der Waals surface area contributed by atoms with Crippen LogP contribution >= 0.6 is 0 Å². The predicted octanol–water partition coefficient (Wildman–Crippen LogP) is 4.16. The smallest absolute Gasteiger partial charge is 0.319 e. The highest BCUT2D eigenvalue weighted by molar-refractivity contribution is 6.06. The minimum Gasteiger partial charge on any atom is -0.327 e. The van der Waals surface area contributed by atoms with Gasteiger partial charge in [-0.25, -0.2) is 4.79 Å². The molecule has 8 nitrogen and oxygen atoms in total. The number of carbonyl (C=O) groups excluding carboxylic acids is 2. The molecule has 30 heavy (non-hydrogen) atoms. The highest BCUT2D eigenvalue weighted by Crippen LogP contribution is 2.30. The summed E-state index contributed by atoms with van der Waals surface area (Å²) in [6.07, 6.45) is 0. The number of non-ortho nitro benzene ring substituents is 1. The second-order valence-corrected chi connectivity index (χ2v) is 8.20. The maximum atomic E-state index is 13.0. The molecule has 0 bridgehead atoms. The number of amides is 3. The third-order valence-corrected chi connectivity index (χ3v) is 4.96. The first-order chi connectivity index (χ1) is 14.1. The molecule has 1 atom stereocenters. The predicted molar refractivity (Wildman–Crippen MR) is 114 cm³/mol. The SMILES string of the molecule is CC1=C(C(=O)Nc2ccc([N+](=O)[O-])cc2)[C@H](c2ccc(C(C)(C)C)cc2)NC(=O)N1. The highest BCUT2D eigenvalue weighted by atomic mass is 16.6. The topological polar surface area (TPSA) is 113 Å². The van der Waals surface area contributed by atoms with Crippen LogP contribution in [0.2, 0.25) is 0 Å². The van der Waals surface area contributed by atoms with E-state index in [1.54, 1.807) is 6.92 Å². The molecule has 2 aromatic rings. The molecule has 0 spiro atoms. The second kappa shape index (κ2) is 7.98. The lowest BCUT2D eigenvalue weighted by atomic mass is 9.85. The first-order valence-corrected chi connectivity index (χ1v) is 9.51. The van der Waals surface area contributed by atoms with E-state index in [1.165, 1.54) is 24.3 Å². The summed E-state index contributed by atoms with van der Waals surface area (Å²) in [5, 5.41) is 19.0. The van der Waals surface area contributed by atoms with Crippen molar-refractivity contribution in [1.82, 2.24) is 10.6 Å². The molecule has 8 heteroatoms. The van der Waals surface area contributed by atoms with Gasteiger partial charge in [0, 0.05) is 23.5 Å². The van der Waals surface area contributed by atoms with E-state index in [4.69, 9.17) is 0 Å². The summed E-state index contributed by atoms with van der Waals surface area (Å²) in [6.45, 7) is 8.00. The Labute approximate surface area is 174 Å². The summed E-state index contributed by atoms with van der Waals surface area (Å²) in [5.41, 5.74) is 3.09. The summed E-state index contributed by atoms with van der Waals surface area (Å²) in [5.74, 6) is -0.404. The summed E-state index contributed by atoms with van der Waals surface area (Å²) in [4.78, 5) is 35.4. The number of nitro benzene ring substituents is 1. The molecule has 0 radical (unpaired) electrons. The molecule has 0 saturated heterocycles. The van der Waals surface area contributed by atoms with Crippen LogP contribution in [0.4, 0.5) is 16.2 Å². The number of nitrogens with zero attached hydrogens (tertiary/aromatic N) is 1. The largest absolute Gasteiger partial charge is 0.327 e. The maximum absolute atomic E-state index is 13.0. The molecule has 0 saturated carbocycles. The standard InChI is InChI=1S/C22H24N4O4/c1-13-18(20(27)24-16-9-11-17(12-10-16)26(29)30)19(25-21(28)23-13)14-5-7-15(8-6-14)22(2,3)4/h5-12,19H,1-4H3,(H,24,27)(H2,23,25,28)/t19-/m0/s1.